The van der Waals surface area contributed by atoms with Crippen LogP contribution in [0.15, 0.2) is 28.2 Å². The summed E-state index contributed by atoms with van der Waals surface area (Å²) in [7, 11) is 0. The van der Waals surface area contributed by atoms with Gasteiger partial charge in [-0.1, -0.05) is 11.6 Å². The minimum absolute atomic E-state index is 0.312. The van der Waals surface area contributed by atoms with Gasteiger partial charge in [-0.05, 0) is 32.0 Å². The van der Waals surface area contributed by atoms with Gasteiger partial charge >= 0.3 is 0 Å². The van der Waals surface area contributed by atoms with Crippen LogP contribution in [-0.2, 0) is 0 Å². The van der Waals surface area contributed by atoms with Crippen molar-refractivity contribution in [1.29, 1.82) is 0 Å². The molecule has 0 bridgehead atoms. The molecular weight excluding hydrogens is 172 g/mol. The highest BCUT2D eigenvalue weighted by molar-refractivity contribution is 6.30. The van der Waals surface area contributed by atoms with Gasteiger partial charge in [-0.3, -0.25) is 9.98 Å². The number of nitrogens with zero attached hydrogens (tertiary/aromatic N) is 2. The second-order valence-electron chi connectivity index (χ2n) is 3.35. The maximum atomic E-state index is 5.81. The lowest BCUT2D eigenvalue weighted by Crippen LogP contribution is -2.20. The fourth-order valence-electron chi connectivity index (χ4n) is 1.30. The van der Waals surface area contributed by atoms with Gasteiger partial charge in [0.15, 0.2) is 0 Å². The zero-order valence-electron chi connectivity index (χ0n) is 7.00. The largest absolute Gasteiger partial charge is 0.254 e. The third-order valence-electron chi connectivity index (χ3n) is 1.73. The van der Waals surface area contributed by atoms with Crippen molar-refractivity contribution >= 4 is 11.6 Å². The van der Waals surface area contributed by atoms with E-state index >= 15 is 0 Å². The van der Waals surface area contributed by atoms with Crippen LogP contribution < -0.4 is 10.7 Å². The minimum Gasteiger partial charge on any atom is -0.254 e. The monoisotopic (exact) mass is 180 g/mol. The van der Waals surface area contributed by atoms with E-state index in [0.29, 0.717) is 5.02 Å². The lowest BCUT2D eigenvalue weighted by atomic mass is 10.3. The van der Waals surface area contributed by atoms with Gasteiger partial charge in [0.05, 0.1) is 10.7 Å². The zero-order valence-corrected chi connectivity index (χ0v) is 7.76. The summed E-state index contributed by atoms with van der Waals surface area (Å²) in [5.41, 5.74) is -0.312. The van der Waals surface area contributed by atoms with Gasteiger partial charge in [-0.15, -0.1) is 0 Å². The third kappa shape index (κ3) is 1.23. The molecule has 12 heavy (non-hydrogen) atoms. The summed E-state index contributed by atoms with van der Waals surface area (Å²) in [4.78, 5) is 8.79. The molecule has 1 aliphatic heterocycles. The van der Waals surface area contributed by atoms with Crippen LogP contribution in [0.3, 0.4) is 0 Å². The standard InChI is InChI=1S/C9H9ClN2/c1-9(2)11-7-4-3-6(10)5-8(7)12-9/h3-5H,1-2H3. The fraction of sp³-hybridized carbons (Fsp3) is 0.333. The van der Waals surface area contributed by atoms with Crippen LogP contribution in [0, 0.1) is 0 Å². The van der Waals surface area contributed by atoms with Crippen molar-refractivity contribution in [1.82, 2.24) is 0 Å². The van der Waals surface area contributed by atoms with Crippen molar-refractivity contribution < 1.29 is 0 Å². The SMILES string of the molecule is CC1(C)N=c2ccc(Cl)cc2=N1. The Morgan fingerprint density at radius 1 is 1.17 bits per heavy atom. The van der Waals surface area contributed by atoms with Crippen LogP contribution in [0.4, 0.5) is 0 Å². The summed E-state index contributed by atoms with van der Waals surface area (Å²) < 4.78 is 0. The van der Waals surface area contributed by atoms with Crippen molar-refractivity contribution in [3.8, 4) is 0 Å². The smallest absolute Gasteiger partial charge is 0.146 e. The molecule has 0 spiro atoms. The Bertz CT molecular complexity index is 434. The molecule has 1 aliphatic rings. The van der Waals surface area contributed by atoms with Gasteiger partial charge < -0.3 is 0 Å². The Kier molecular flexibility index (Phi) is 1.48. The molecule has 1 heterocycles. The van der Waals surface area contributed by atoms with Crippen LogP contribution in [0.5, 0.6) is 0 Å². The van der Waals surface area contributed by atoms with Gasteiger partial charge in [0.1, 0.15) is 5.66 Å². The first-order chi connectivity index (χ1) is 5.57. The number of halogens is 1. The molecule has 0 unspecified atom stereocenters. The highest BCUT2D eigenvalue weighted by atomic mass is 35.5. The number of hydrogen-bond acceptors (Lipinski definition) is 2. The van der Waals surface area contributed by atoms with Crippen LogP contribution >= 0.6 is 11.6 Å². The predicted octanol–water partition coefficient (Wildman–Crippen LogP) is 1.33. The number of fused-ring (bicyclic) bond motifs is 1. The molecule has 0 radical (unpaired) electrons. The number of hydrogen-bond donors (Lipinski definition) is 0. The van der Waals surface area contributed by atoms with Crippen molar-refractivity contribution in [2.75, 3.05) is 0 Å². The van der Waals surface area contributed by atoms with Crippen molar-refractivity contribution in [3.63, 3.8) is 0 Å². The first-order valence-electron chi connectivity index (χ1n) is 3.82. The maximum absolute atomic E-state index is 5.81. The van der Waals surface area contributed by atoms with Crippen LogP contribution in [0.2, 0.25) is 5.02 Å². The highest BCUT2D eigenvalue weighted by Gasteiger charge is 2.17. The van der Waals surface area contributed by atoms with Gasteiger partial charge in [-0.25, -0.2) is 0 Å². The lowest BCUT2D eigenvalue weighted by Gasteiger charge is -2.06. The molecule has 1 aromatic rings. The Morgan fingerprint density at radius 3 is 2.58 bits per heavy atom. The summed E-state index contributed by atoms with van der Waals surface area (Å²) in [5.74, 6) is 0. The molecule has 0 saturated carbocycles. The maximum Gasteiger partial charge on any atom is 0.146 e. The zero-order chi connectivity index (χ0) is 8.77. The molecule has 0 N–H and O–H groups in total. The normalized spacial score (nSPS) is 17.9. The molecular formula is C9H9ClN2. The van der Waals surface area contributed by atoms with Crippen molar-refractivity contribution in [2.45, 2.75) is 19.5 Å². The summed E-state index contributed by atoms with van der Waals surface area (Å²) in [6, 6.07) is 5.58. The topological polar surface area (TPSA) is 24.7 Å². The van der Waals surface area contributed by atoms with Gasteiger partial charge in [0, 0.05) is 5.02 Å². The highest BCUT2D eigenvalue weighted by Crippen LogP contribution is 2.11. The third-order valence-corrected chi connectivity index (χ3v) is 1.96. The first kappa shape index (κ1) is 7.74. The average molecular weight is 181 g/mol. The molecule has 0 aromatic heterocycles. The quantitative estimate of drug-likeness (QED) is 0.576. The van der Waals surface area contributed by atoms with E-state index in [1.54, 1.807) is 0 Å². The molecule has 2 rings (SSSR count). The van der Waals surface area contributed by atoms with E-state index in [4.69, 9.17) is 11.6 Å². The fourth-order valence-corrected chi connectivity index (χ4v) is 1.46. The Balaban J connectivity index is 2.78. The van der Waals surface area contributed by atoms with E-state index < -0.39 is 0 Å². The lowest BCUT2D eigenvalue weighted by molar-refractivity contribution is 0.549. The number of rotatable bonds is 0. The number of benzene rings is 1. The van der Waals surface area contributed by atoms with Gasteiger partial charge in [-0.2, -0.15) is 0 Å². The van der Waals surface area contributed by atoms with Gasteiger partial charge in [0.25, 0.3) is 0 Å². The summed E-state index contributed by atoms with van der Waals surface area (Å²) >= 11 is 5.81. The van der Waals surface area contributed by atoms with E-state index in [1.165, 1.54) is 0 Å². The molecule has 2 nitrogen and oxygen atoms in total. The molecule has 0 atom stereocenters. The van der Waals surface area contributed by atoms with E-state index in [0.717, 1.165) is 10.7 Å². The summed E-state index contributed by atoms with van der Waals surface area (Å²) in [5, 5.41) is 2.54. The molecule has 0 amide bonds. The molecule has 1 aromatic carbocycles. The van der Waals surface area contributed by atoms with Crippen molar-refractivity contribution in [3.05, 3.63) is 33.9 Å². The summed E-state index contributed by atoms with van der Waals surface area (Å²) in [6.07, 6.45) is 0. The molecule has 0 saturated heterocycles. The van der Waals surface area contributed by atoms with E-state index in [2.05, 4.69) is 9.98 Å². The second-order valence-corrected chi connectivity index (χ2v) is 3.79. The molecule has 3 heteroatoms. The van der Waals surface area contributed by atoms with Crippen LogP contribution in [-0.4, -0.2) is 5.66 Å². The molecule has 62 valence electrons. The van der Waals surface area contributed by atoms with E-state index in [1.807, 2.05) is 32.0 Å². The van der Waals surface area contributed by atoms with Crippen LogP contribution in [0.25, 0.3) is 0 Å². The molecule has 0 fully saturated rings. The van der Waals surface area contributed by atoms with Gasteiger partial charge in [0.2, 0.25) is 0 Å². The van der Waals surface area contributed by atoms with E-state index in [-0.39, 0.29) is 5.66 Å². The second kappa shape index (κ2) is 2.30. The Hall–Kier alpha value is -0.890. The molecule has 0 aliphatic carbocycles. The average Bonchev–Trinajstić information content (AvgIpc) is 2.21. The Labute approximate surface area is 75.6 Å². The minimum atomic E-state index is -0.312. The van der Waals surface area contributed by atoms with Crippen molar-refractivity contribution in [2.24, 2.45) is 9.98 Å². The predicted molar refractivity (Wildman–Crippen MR) is 47.8 cm³/mol. The Morgan fingerprint density at radius 2 is 1.83 bits per heavy atom. The first-order valence-corrected chi connectivity index (χ1v) is 4.20. The van der Waals surface area contributed by atoms with Crippen LogP contribution in [0.1, 0.15) is 13.8 Å². The van der Waals surface area contributed by atoms with E-state index in [9.17, 15) is 0 Å². The summed E-state index contributed by atoms with van der Waals surface area (Å²) in [6.45, 7) is 3.95.